The number of aliphatic carboxylic acids is 1. The molecule has 130 valence electrons. The molecule has 2 bridgehead atoms. The van der Waals surface area contributed by atoms with E-state index in [1.165, 1.54) is 5.56 Å². The van der Waals surface area contributed by atoms with Crippen LogP contribution in [0.4, 0.5) is 0 Å². The van der Waals surface area contributed by atoms with Crippen LogP contribution in [0, 0.1) is 23.7 Å². The number of benzene rings is 1. The van der Waals surface area contributed by atoms with Crippen molar-refractivity contribution in [2.75, 3.05) is 0 Å². The Balaban J connectivity index is 1.58. The lowest BCUT2D eigenvalue weighted by atomic mass is 9.58. The van der Waals surface area contributed by atoms with Crippen LogP contribution in [0.25, 0.3) is 0 Å². The molecule has 0 unspecified atom stereocenters. The van der Waals surface area contributed by atoms with Crippen molar-refractivity contribution in [1.29, 1.82) is 0 Å². The van der Waals surface area contributed by atoms with E-state index in [0.717, 1.165) is 38.5 Å². The quantitative estimate of drug-likeness (QED) is 0.842. The van der Waals surface area contributed by atoms with Gasteiger partial charge in [0.15, 0.2) is 0 Å². The van der Waals surface area contributed by atoms with Crippen molar-refractivity contribution in [1.82, 2.24) is 5.32 Å². The minimum Gasteiger partial charge on any atom is -0.481 e. The smallest absolute Gasteiger partial charge is 0.307 e. The molecular formula is C20H27NO3. The molecule has 3 aliphatic rings. The number of hydrogen-bond acceptors (Lipinski definition) is 2. The van der Waals surface area contributed by atoms with Crippen LogP contribution in [0.15, 0.2) is 30.3 Å². The number of carbonyl (C=O) groups is 2. The van der Waals surface area contributed by atoms with Gasteiger partial charge in [-0.1, -0.05) is 30.3 Å². The molecule has 1 amide bonds. The lowest BCUT2D eigenvalue weighted by Crippen LogP contribution is -2.52. The first-order chi connectivity index (χ1) is 11.6. The fourth-order valence-corrected chi connectivity index (χ4v) is 4.62. The Morgan fingerprint density at radius 3 is 2.25 bits per heavy atom. The van der Waals surface area contributed by atoms with Crippen LogP contribution in [0.3, 0.4) is 0 Å². The summed E-state index contributed by atoms with van der Waals surface area (Å²) in [5.74, 6) is -1.23. The molecule has 3 aliphatic carbocycles. The number of rotatable bonds is 6. The van der Waals surface area contributed by atoms with Crippen LogP contribution in [0.1, 0.15) is 44.6 Å². The van der Waals surface area contributed by atoms with E-state index in [-0.39, 0.29) is 29.7 Å². The SMILES string of the molecule is C[C@H](CCc1ccccc1)NC(=O)[C@H]1C2CCC(CC2)[C@H]1C(=O)O. The fraction of sp³-hybridized carbons (Fsp3) is 0.600. The number of carboxylic acids is 1. The third-order valence-corrected chi connectivity index (χ3v) is 5.90. The molecule has 0 saturated heterocycles. The molecule has 3 fully saturated rings. The predicted octanol–water partition coefficient (Wildman–Crippen LogP) is 3.26. The average molecular weight is 329 g/mol. The summed E-state index contributed by atoms with van der Waals surface area (Å²) >= 11 is 0. The maximum absolute atomic E-state index is 12.8. The van der Waals surface area contributed by atoms with E-state index >= 15 is 0 Å². The minimum atomic E-state index is -0.790. The van der Waals surface area contributed by atoms with Crippen molar-refractivity contribution in [3.63, 3.8) is 0 Å². The van der Waals surface area contributed by atoms with Crippen molar-refractivity contribution in [3.05, 3.63) is 35.9 Å². The highest BCUT2D eigenvalue weighted by Crippen LogP contribution is 2.49. The zero-order valence-electron chi connectivity index (χ0n) is 14.3. The molecule has 3 saturated carbocycles. The van der Waals surface area contributed by atoms with E-state index in [1.54, 1.807) is 0 Å². The van der Waals surface area contributed by atoms with Gasteiger partial charge < -0.3 is 10.4 Å². The van der Waals surface area contributed by atoms with Gasteiger partial charge in [-0.3, -0.25) is 9.59 Å². The molecule has 4 nitrogen and oxygen atoms in total. The Labute approximate surface area is 143 Å². The van der Waals surface area contributed by atoms with Crippen molar-refractivity contribution < 1.29 is 14.7 Å². The lowest BCUT2D eigenvalue weighted by molar-refractivity contribution is -0.158. The van der Waals surface area contributed by atoms with E-state index in [2.05, 4.69) is 17.4 Å². The van der Waals surface area contributed by atoms with E-state index in [0.29, 0.717) is 0 Å². The molecule has 1 aromatic carbocycles. The van der Waals surface area contributed by atoms with E-state index in [9.17, 15) is 14.7 Å². The minimum absolute atomic E-state index is 0.0441. The van der Waals surface area contributed by atoms with E-state index < -0.39 is 11.9 Å². The zero-order chi connectivity index (χ0) is 17.1. The molecule has 4 heteroatoms. The molecule has 0 aromatic heterocycles. The van der Waals surface area contributed by atoms with Crippen LogP contribution < -0.4 is 5.32 Å². The van der Waals surface area contributed by atoms with Gasteiger partial charge in [0.2, 0.25) is 5.91 Å². The van der Waals surface area contributed by atoms with Crippen LogP contribution in [-0.2, 0) is 16.0 Å². The molecule has 1 aromatic rings. The summed E-state index contributed by atoms with van der Waals surface area (Å²) in [5, 5.41) is 12.7. The van der Waals surface area contributed by atoms with Gasteiger partial charge in [0.25, 0.3) is 0 Å². The first kappa shape index (κ1) is 17.0. The van der Waals surface area contributed by atoms with Crippen molar-refractivity contribution in [2.24, 2.45) is 23.7 Å². The van der Waals surface area contributed by atoms with E-state index in [4.69, 9.17) is 0 Å². The summed E-state index contributed by atoms with van der Waals surface area (Å²) in [6, 6.07) is 10.3. The highest BCUT2D eigenvalue weighted by Gasteiger charge is 2.50. The third-order valence-electron chi connectivity index (χ3n) is 5.90. The van der Waals surface area contributed by atoms with Crippen LogP contribution in [-0.4, -0.2) is 23.0 Å². The number of nitrogens with one attached hydrogen (secondary N) is 1. The Bertz CT molecular complexity index is 578. The van der Waals surface area contributed by atoms with Gasteiger partial charge in [0.05, 0.1) is 11.8 Å². The van der Waals surface area contributed by atoms with Gasteiger partial charge >= 0.3 is 5.97 Å². The second-order valence-corrected chi connectivity index (χ2v) is 7.50. The monoisotopic (exact) mass is 329 g/mol. The molecule has 0 aliphatic heterocycles. The standard InChI is InChI=1S/C20H27NO3/c1-13(7-8-14-5-3-2-4-6-14)21-19(22)17-15-9-11-16(12-10-15)18(17)20(23)24/h2-6,13,15-18H,7-12H2,1H3,(H,21,22)(H,23,24)/t13-,15?,16?,17+,18-/m1/s1. The van der Waals surface area contributed by atoms with Gasteiger partial charge in [-0.05, 0) is 62.8 Å². The molecular weight excluding hydrogens is 302 g/mol. The Kier molecular flexibility index (Phi) is 5.22. The molecule has 2 N–H and O–H groups in total. The highest BCUT2D eigenvalue weighted by molar-refractivity contribution is 5.85. The summed E-state index contributed by atoms with van der Waals surface area (Å²) in [6.07, 6.45) is 5.73. The largest absolute Gasteiger partial charge is 0.481 e. The van der Waals surface area contributed by atoms with Gasteiger partial charge in [0.1, 0.15) is 0 Å². The Morgan fingerprint density at radius 2 is 1.67 bits per heavy atom. The van der Waals surface area contributed by atoms with E-state index in [1.807, 2.05) is 25.1 Å². The third kappa shape index (κ3) is 3.63. The molecule has 0 radical (unpaired) electrons. The lowest BCUT2D eigenvalue weighted by Gasteiger charge is -2.46. The summed E-state index contributed by atoms with van der Waals surface area (Å²) in [7, 11) is 0. The highest BCUT2D eigenvalue weighted by atomic mass is 16.4. The summed E-state index contributed by atoms with van der Waals surface area (Å²) < 4.78 is 0. The molecule has 0 heterocycles. The second kappa shape index (κ2) is 7.37. The number of aryl methyl sites for hydroxylation is 1. The van der Waals surface area contributed by atoms with Crippen LogP contribution >= 0.6 is 0 Å². The number of amides is 1. The van der Waals surface area contributed by atoms with Crippen molar-refractivity contribution >= 4 is 11.9 Å². The summed E-state index contributed by atoms with van der Waals surface area (Å²) in [5.41, 5.74) is 1.26. The Morgan fingerprint density at radius 1 is 1.08 bits per heavy atom. The van der Waals surface area contributed by atoms with Crippen LogP contribution in [0.5, 0.6) is 0 Å². The molecule has 0 spiro atoms. The van der Waals surface area contributed by atoms with Gasteiger partial charge in [0, 0.05) is 6.04 Å². The fourth-order valence-electron chi connectivity index (χ4n) is 4.62. The number of fused-ring (bicyclic) bond motifs is 3. The molecule has 3 atom stereocenters. The summed E-state index contributed by atoms with van der Waals surface area (Å²) in [4.78, 5) is 24.4. The predicted molar refractivity (Wildman–Crippen MR) is 92.4 cm³/mol. The van der Waals surface area contributed by atoms with Crippen LogP contribution in [0.2, 0.25) is 0 Å². The number of hydrogen-bond donors (Lipinski definition) is 2. The zero-order valence-corrected chi connectivity index (χ0v) is 14.3. The summed E-state index contributed by atoms with van der Waals surface area (Å²) in [6.45, 7) is 2.01. The van der Waals surface area contributed by atoms with Crippen molar-refractivity contribution in [3.8, 4) is 0 Å². The Hall–Kier alpha value is -1.84. The number of carbonyl (C=O) groups excluding carboxylic acids is 1. The van der Waals surface area contributed by atoms with Gasteiger partial charge in [-0.15, -0.1) is 0 Å². The maximum atomic E-state index is 12.8. The first-order valence-corrected chi connectivity index (χ1v) is 9.13. The molecule has 4 rings (SSSR count). The van der Waals surface area contributed by atoms with Gasteiger partial charge in [-0.25, -0.2) is 0 Å². The van der Waals surface area contributed by atoms with Gasteiger partial charge in [-0.2, -0.15) is 0 Å². The second-order valence-electron chi connectivity index (χ2n) is 7.50. The normalized spacial score (nSPS) is 29.9. The number of carboxylic acid groups (broad SMARTS) is 1. The molecule has 24 heavy (non-hydrogen) atoms. The average Bonchev–Trinajstić information content (AvgIpc) is 2.61. The topological polar surface area (TPSA) is 66.4 Å². The first-order valence-electron chi connectivity index (χ1n) is 9.13. The maximum Gasteiger partial charge on any atom is 0.307 e. The van der Waals surface area contributed by atoms with Crippen molar-refractivity contribution in [2.45, 2.75) is 51.5 Å².